The Kier molecular flexibility index (Phi) is 7.32. The van der Waals surface area contributed by atoms with Crippen molar-refractivity contribution in [3.63, 3.8) is 0 Å². The fourth-order valence-electron chi connectivity index (χ4n) is 1.58. The van der Waals surface area contributed by atoms with E-state index in [-0.39, 0.29) is 5.95 Å². The fraction of sp³-hybridized carbons (Fsp3) is 0.667. The van der Waals surface area contributed by atoms with Crippen molar-refractivity contribution in [2.45, 2.75) is 25.7 Å². The molecule has 1 heterocycles. The highest BCUT2D eigenvalue weighted by Crippen LogP contribution is 2.14. The van der Waals surface area contributed by atoms with Gasteiger partial charge in [-0.15, -0.1) is 0 Å². The zero-order chi connectivity index (χ0) is 13.2. The predicted molar refractivity (Wildman–Crippen MR) is 78.3 cm³/mol. The second kappa shape index (κ2) is 8.85. The number of thioether (sulfide) groups is 1. The molecule has 18 heavy (non-hydrogen) atoms. The van der Waals surface area contributed by atoms with Crippen LogP contribution in [0.15, 0.2) is 6.07 Å². The number of hydrogen-bond acceptors (Lipinski definition) is 6. The molecule has 0 aliphatic rings. The van der Waals surface area contributed by atoms with Crippen LogP contribution in [0.5, 0.6) is 5.88 Å². The Balaban J connectivity index is 2.20. The van der Waals surface area contributed by atoms with Gasteiger partial charge in [0.1, 0.15) is 5.82 Å². The minimum atomic E-state index is 0.233. The fourth-order valence-corrected chi connectivity index (χ4v) is 2.07. The molecule has 3 N–H and O–H groups in total. The van der Waals surface area contributed by atoms with Gasteiger partial charge in [-0.3, -0.25) is 0 Å². The summed E-state index contributed by atoms with van der Waals surface area (Å²) in [6.45, 7) is 0.902. The van der Waals surface area contributed by atoms with Crippen LogP contribution >= 0.6 is 11.8 Å². The summed E-state index contributed by atoms with van der Waals surface area (Å²) < 4.78 is 5.03. The Morgan fingerprint density at radius 3 is 2.78 bits per heavy atom. The number of unbranched alkanes of at least 4 members (excludes halogenated alkanes) is 3. The van der Waals surface area contributed by atoms with E-state index < -0.39 is 0 Å². The van der Waals surface area contributed by atoms with Crippen molar-refractivity contribution in [2.75, 3.05) is 36.7 Å². The van der Waals surface area contributed by atoms with Crippen molar-refractivity contribution in [2.24, 2.45) is 0 Å². The Morgan fingerprint density at radius 1 is 1.28 bits per heavy atom. The smallest absolute Gasteiger partial charge is 0.225 e. The summed E-state index contributed by atoms with van der Waals surface area (Å²) in [7, 11) is 1.57. The number of hydrogen-bond donors (Lipinski definition) is 2. The Hall–Kier alpha value is -1.17. The van der Waals surface area contributed by atoms with Crippen molar-refractivity contribution >= 4 is 23.5 Å². The van der Waals surface area contributed by atoms with E-state index in [1.807, 2.05) is 11.8 Å². The normalized spacial score (nSPS) is 10.3. The third-order valence-electron chi connectivity index (χ3n) is 2.51. The molecule has 5 nitrogen and oxygen atoms in total. The lowest BCUT2D eigenvalue weighted by molar-refractivity contribution is 0.398. The van der Waals surface area contributed by atoms with Crippen LogP contribution in [0.25, 0.3) is 0 Å². The molecule has 0 unspecified atom stereocenters. The number of nitrogen functional groups attached to an aromatic ring is 1. The van der Waals surface area contributed by atoms with Gasteiger partial charge in [-0.05, 0) is 24.9 Å². The third kappa shape index (κ3) is 5.95. The quantitative estimate of drug-likeness (QED) is 0.671. The summed E-state index contributed by atoms with van der Waals surface area (Å²) in [5.41, 5.74) is 5.58. The van der Waals surface area contributed by atoms with Gasteiger partial charge in [0.25, 0.3) is 0 Å². The molecule has 0 bridgehead atoms. The van der Waals surface area contributed by atoms with E-state index in [4.69, 9.17) is 10.5 Å². The molecule has 0 fully saturated rings. The van der Waals surface area contributed by atoms with Crippen LogP contribution < -0.4 is 15.8 Å². The van der Waals surface area contributed by atoms with E-state index in [1.54, 1.807) is 13.2 Å². The van der Waals surface area contributed by atoms with Gasteiger partial charge >= 0.3 is 0 Å². The van der Waals surface area contributed by atoms with Gasteiger partial charge in [0.15, 0.2) is 0 Å². The largest absolute Gasteiger partial charge is 0.481 e. The maximum atomic E-state index is 5.58. The van der Waals surface area contributed by atoms with Crippen LogP contribution in [0.2, 0.25) is 0 Å². The first kappa shape index (κ1) is 14.9. The lowest BCUT2D eigenvalue weighted by Gasteiger charge is -2.07. The molecular weight excluding hydrogens is 248 g/mol. The molecule has 0 aromatic carbocycles. The highest BCUT2D eigenvalue weighted by atomic mass is 32.2. The first-order valence-corrected chi connectivity index (χ1v) is 7.57. The number of nitrogens with two attached hydrogens (primary N) is 1. The maximum absolute atomic E-state index is 5.58. The number of anilines is 2. The SMILES string of the molecule is COc1cc(NCCCCCCSC)nc(N)n1. The molecule has 102 valence electrons. The van der Waals surface area contributed by atoms with Crippen LogP contribution in [-0.4, -0.2) is 35.6 Å². The standard InChI is InChI=1S/C12H22N4OS/c1-17-11-9-10(15-12(13)16-11)14-7-5-3-4-6-8-18-2/h9H,3-8H2,1-2H3,(H3,13,14,15,16). The summed E-state index contributed by atoms with van der Waals surface area (Å²) >= 11 is 1.91. The summed E-state index contributed by atoms with van der Waals surface area (Å²) in [5, 5.41) is 3.23. The molecule has 0 radical (unpaired) electrons. The number of methoxy groups -OCH3 is 1. The molecule has 1 aromatic rings. The first-order chi connectivity index (χ1) is 8.76. The number of ether oxygens (including phenoxy) is 1. The molecule has 1 rings (SSSR count). The molecule has 0 amide bonds. The van der Waals surface area contributed by atoms with Crippen molar-refractivity contribution < 1.29 is 4.74 Å². The minimum absolute atomic E-state index is 0.233. The maximum Gasteiger partial charge on any atom is 0.225 e. The van der Waals surface area contributed by atoms with Gasteiger partial charge in [-0.1, -0.05) is 12.8 Å². The van der Waals surface area contributed by atoms with Crippen LogP contribution in [-0.2, 0) is 0 Å². The van der Waals surface area contributed by atoms with Gasteiger partial charge in [-0.25, -0.2) is 0 Å². The average molecular weight is 270 g/mol. The molecular formula is C12H22N4OS. The molecule has 0 aliphatic heterocycles. The second-order valence-corrected chi connectivity index (χ2v) is 4.97. The lowest BCUT2D eigenvalue weighted by Crippen LogP contribution is -2.06. The Morgan fingerprint density at radius 2 is 2.06 bits per heavy atom. The minimum Gasteiger partial charge on any atom is -0.481 e. The Bertz CT molecular complexity index is 349. The summed E-state index contributed by atoms with van der Waals surface area (Å²) in [6, 6.07) is 1.75. The Labute approximate surface area is 113 Å². The molecule has 0 saturated heterocycles. The highest BCUT2D eigenvalue weighted by Gasteiger charge is 2.01. The number of nitrogens with zero attached hydrogens (tertiary/aromatic N) is 2. The van der Waals surface area contributed by atoms with E-state index in [9.17, 15) is 0 Å². The second-order valence-electron chi connectivity index (χ2n) is 3.99. The third-order valence-corrected chi connectivity index (χ3v) is 3.21. The molecule has 0 spiro atoms. The van der Waals surface area contributed by atoms with Crippen LogP contribution in [0.1, 0.15) is 25.7 Å². The molecule has 0 saturated carbocycles. The van der Waals surface area contributed by atoms with Crippen molar-refractivity contribution in [1.82, 2.24) is 9.97 Å². The van der Waals surface area contributed by atoms with Gasteiger partial charge in [-0.2, -0.15) is 21.7 Å². The summed E-state index contributed by atoms with van der Waals surface area (Å²) in [5.74, 6) is 2.71. The van der Waals surface area contributed by atoms with Crippen molar-refractivity contribution in [1.29, 1.82) is 0 Å². The number of aromatic nitrogens is 2. The predicted octanol–water partition coefficient (Wildman–Crippen LogP) is 2.40. The summed E-state index contributed by atoms with van der Waals surface area (Å²) in [4.78, 5) is 8.03. The van der Waals surface area contributed by atoms with Gasteiger partial charge in [0.05, 0.1) is 7.11 Å². The van der Waals surface area contributed by atoms with Gasteiger partial charge < -0.3 is 15.8 Å². The van der Waals surface area contributed by atoms with Crippen molar-refractivity contribution in [3.8, 4) is 5.88 Å². The van der Waals surface area contributed by atoms with Gasteiger partial charge in [0.2, 0.25) is 11.8 Å². The van der Waals surface area contributed by atoms with E-state index in [1.165, 1.54) is 25.0 Å². The molecule has 0 aliphatic carbocycles. The highest BCUT2D eigenvalue weighted by molar-refractivity contribution is 7.98. The zero-order valence-corrected chi connectivity index (χ0v) is 11.9. The monoisotopic (exact) mass is 270 g/mol. The number of rotatable bonds is 9. The van der Waals surface area contributed by atoms with Crippen LogP contribution in [0, 0.1) is 0 Å². The molecule has 6 heteroatoms. The average Bonchev–Trinajstić information content (AvgIpc) is 2.37. The van der Waals surface area contributed by atoms with E-state index >= 15 is 0 Å². The van der Waals surface area contributed by atoms with Gasteiger partial charge in [0, 0.05) is 12.6 Å². The van der Waals surface area contributed by atoms with E-state index in [0.29, 0.717) is 5.88 Å². The summed E-state index contributed by atoms with van der Waals surface area (Å²) in [6.07, 6.45) is 7.12. The zero-order valence-electron chi connectivity index (χ0n) is 11.1. The number of nitrogens with one attached hydrogen (secondary N) is 1. The van der Waals surface area contributed by atoms with Crippen LogP contribution in [0.4, 0.5) is 11.8 Å². The van der Waals surface area contributed by atoms with E-state index in [2.05, 4.69) is 21.5 Å². The lowest BCUT2D eigenvalue weighted by atomic mass is 10.2. The van der Waals surface area contributed by atoms with Crippen LogP contribution in [0.3, 0.4) is 0 Å². The topological polar surface area (TPSA) is 73.1 Å². The first-order valence-electron chi connectivity index (χ1n) is 6.17. The molecule has 0 atom stereocenters. The van der Waals surface area contributed by atoms with Crippen molar-refractivity contribution in [3.05, 3.63) is 6.07 Å². The van der Waals surface area contributed by atoms with E-state index in [0.717, 1.165) is 18.8 Å². The molecule has 1 aromatic heterocycles.